The van der Waals surface area contributed by atoms with Crippen LogP contribution in [0.3, 0.4) is 0 Å². The number of carbonyl (C=O) groups is 1. The molecule has 0 aliphatic carbocycles. The Balaban J connectivity index is 1.85. The van der Waals surface area contributed by atoms with Crippen molar-refractivity contribution in [3.8, 4) is 16.9 Å². The molecule has 0 aliphatic heterocycles. The monoisotopic (exact) mass is 349 g/mol. The van der Waals surface area contributed by atoms with E-state index in [1.165, 1.54) is 0 Å². The second kappa shape index (κ2) is 8.97. The number of rotatable bonds is 8. The van der Waals surface area contributed by atoms with Crippen molar-refractivity contribution in [2.24, 2.45) is 0 Å². The smallest absolute Gasteiger partial charge is 0.255 e. The standard InChI is InChI=1S/C21H23N3O2/c1-2-26-15-9-14-22-21(25)19-16-24(18-12-7-4-8-13-18)23-20(19)17-10-5-3-6-11-17/h3-8,10-13,16H,2,9,14-15H2,1H3,(H,22,25). The molecule has 0 spiro atoms. The minimum absolute atomic E-state index is 0.123. The summed E-state index contributed by atoms with van der Waals surface area (Å²) >= 11 is 0. The fraction of sp³-hybridized carbons (Fsp3) is 0.238. The molecular weight excluding hydrogens is 326 g/mol. The number of nitrogens with zero attached hydrogens (tertiary/aromatic N) is 2. The van der Waals surface area contributed by atoms with Gasteiger partial charge in [0, 0.05) is 31.5 Å². The van der Waals surface area contributed by atoms with Gasteiger partial charge in [-0.15, -0.1) is 0 Å². The van der Waals surface area contributed by atoms with Crippen molar-refractivity contribution in [1.82, 2.24) is 15.1 Å². The van der Waals surface area contributed by atoms with Gasteiger partial charge in [0.15, 0.2) is 0 Å². The van der Waals surface area contributed by atoms with Gasteiger partial charge in [0.1, 0.15) is 5.69 Å². The first kappa shape index (κ1) is 17.9. The van der Waals surface area contributed by atoms with Gasteiger partial charge in [0.25, 0.3) is 5.91 Å². The minimum atomic E-state index is -0.123. The molecule has 1 amide bonds. The van der Waals surface area contributed by atoms with E-state index in [-0.39, 0.29) is 5.91 Å². The summed E-state index contributed by atoms with van der Waals surface area (Å²) in [6, 6.07) is 19.5. The van der Waals surface area contributed by atoms with Gasteiger partial charge in [0.2, 0.25) is 0 Å². The lowest BCUT2D eigenvalue weighted by atomic mass is 10.1. The van der Waals surface area contributed by atoms with Crippen molar-refractivity contribution in [3.05, 3.63) is 72.4 Å². The van der Waals surface area contributed by atoms with E-state index >= 15 is 0 Å². The van der Waals surface area contributed by atoms with Crippen molar-refractivity contribution in [2.45, 2.75) is 13.3 Å². The zero-order valence-electron chi connectivity index (χ0n) is 14.9. The van der Waals surface area contributed by atoms with Gasteiger partial charge in [-0.25, -0.2) is 4.68 Å². The fourth-order valence-corrected chi connectivity index (χ4v) is 2.68. The third kappa shape index (κ3) is 4.37. The van der Waals surface area contributed by atoms with Crippen LogP contribution in [0, 0.1) is 0 Å². The summed E-state index contributed by atoms with van der Waals surface area (Å²) in [6.45, 7) is 3.87. The lowest BCUT2D eigenvalue weighted by Crippen LogP contribution is -2.25. The first-order valence-corrected chi connectivity index (χ1v) is 8.86. The quantitative estimate of drug-likeness (QED) is 0.631. The van der Waals surface area contributed by atoms with Gasteiger partial charge in [-0.1, -0.05) is 48.5 Å². The Labute approximate surface area is 153 Å². The maximum absolute atomic E-state index is 12.7. The largest absolute Gasteiger partial charge is 0.382 e. The number of hydrogen-bond acceptors (Lipinski definition) is 3. The molecule has 0 saturated heterocycles. The molecule has 0 radical (unpaired) electrons. The van der Waals surface area contributed by atoms with Crippen molar-refractivity contribution in [3.63, 3.8) is 0 Å². The molecule has 5 heteroatoms. The van der Waals surface area contributed by atoms with Crippen LogP contribution < -0.4 is 5.32 Å². The highest BCUT2D eigenvalue weighted by molar-refractivity contribution is 5.99. The molecule has 0 fully saturated rings. The van der Waals surface area contributed by atoms with Gasteiger partial charge in [-0.3, -0.25) is 4.79 Å². The minimum Gasteiger partial charge on any atom is -0.382 e. The maximum atomic E-state index is 12.7. The van der Waals surface area contributed by atoms with E-state index in [2.05, 4.69) is 10.4 Å². The zero-order chi connectivity index (χ0) is 18.2. The number of carbonyl (C=O) groups excluding carboxylic acids is 1. The summed E-state index contributed by atoms with van der Waals surface area (Å²) < 4.78 is 7.06. The Hall–Kier alpha value is -2.92. The normalized spacial score (nSPS) is 10.7. The van der Waals surface area contributed by atoms with E-state index in [0.29, 0.717) is 31.0 Å². The van der Waals surface area contributed by atoms with Crippen molar-refractivity contribution >= 4 is 5.91 Å². The van der Waals surface area contributed by atoms with E-state index in [9.17, 15) is 4.79 Å². The number of amides is 1. The number of hydrogen-bond donors (Lipinski definition) is 1. The van der Waals surface area contributed by atoms with E-state index in [1.807, 2.05) is 67.6 Å². The molecule has 1 aromatic heterocycles. The fourth-order valence-electron chi connectivity index (χ4n) is 2.68. The average molecular weight is 349 g/mol. The van der Waals surface area contributed by atoms with Gasteiger partial charge in [0.05, 0.1) is 11.3 Å². The van der Waals surface area contributed by atoms with Crippen LogP contribution in [0.4, 0.5) is 0 Å². The number of ether oxygens (including phenoxy) is 1. The maximum Gasteiger partial charge on any atom is 0.255 e. The zero-order valence-corrected chi connectivity index (χ0v) is 14.9. The molecule has 1 heterocycles. The van der Waals surface area contributed by atoms with Gasteiger partial charge in [-0.2, -0.15) is 5.10 Å². The predicted octanol–water partition coefficient (Wildman–Crippen LogP) is 3.70. The van der Waals surface area contributed by atoms with E-state index < -0.39 is 0 Å². The van der Waals surface area contributed by atoms with Crippen LogP contribution in [0.2, 0.25) is 0 Å². The van der Waals surface area contributed by atoms with Gasteiger partial charge in [-0.05, 0) is 25.5 Å². The van der Waals surface area contributed by atoms with Crippen LogP contribution in [-0.2, 0) is 4.74 Å². The molecule has 1 N–H and O–H groups in total. The Morgan fingerprint density at radius 3 is 2.46 bits per heavy atom. The molecule has 0 unspecified atom stereocenters. The Bertz CT molecular complexity index is 829. The average Bonchev–Trinajstić information content (AvgIpc) is 3.15. The Morgan fingerprint density at radius 1 is 1.08 bits per heavy atom. The summed E-state index contributed by atoms with van der Waals surface area (Å²) in [5.41, 5.74) is 3.08. The van der Waals surface area contributed by atoms with Gasteiger partial charge < -0.3 is 10.1 Å². The molecule has 134 valence electrons. The summed E-state index contributed by atoms with van der Waals surface area (Å²) in [4.78, 5) is 12.7. The second-order valence-electron chi connectivity index (χ2n) is 5.84. The summed E-state index contributed by atoms with van der Waals surface area (Å²) in [7, 11) is 0. The summed E-state index contributed by atoms with van der Waals surface area (Å²) in [5.74, 6) is -0.123. The van der Waals surface area contributed by atoms with Crippen LogP contribution in [0.1, 0.15) is 23.7 Å². The number of aromatic nitrogens is 2. The number of para-hydroxylation sites is 1. The molecule has 0 bridgehead atoms. The molecule has 0 aliphatic rings. The summed E-state index contributed by atoms with van der Waals surface area (Å²) in [5, 5.41) is 7.62. The number of benzene rings is 2. The molecule has 3 aromatic rings. The van der Waals surface area contributed by atoms with Gasteiger partial charge >= 0.3 is 0 Å². The molecule has 5 nitrogen and oxygen atoms in total. The van der Waals surface area contributed by atoms with E-state index in [1.54, 1.807) is 10.9 Å². The van der Waals surface area contributed by atoms with Crippen molar-refractivity contribution in [1.29, 1.82) is 0 Å². The molecule has 0 saturated carbocycles. The molecule has 2 aromatic carbocycles. The molecular formula is C21H23N3O2. The van der Waals surface area contributed by atoms with Crippen LogP contribution in [0.5, 0.6) is 0 Å². The Morgan fingerprint density at radius 2 is 1.77 bits per heavy atom. The van der Waals surface area contributed by atoms with E-state index in [4.69, 9.17) is 4.74 Å². The summed E-state index contributed by atoms with van der Waals surface area (Å²) in [6.07, 6.45) is 2.57. The predicted molar refractivity (Wildman–Crippen MR) is 102 cm³/mol. The Kier molecular flexibility index (Phi) is 6.17. The molecule has 3 rings (SSSR count). The van der Waals surface area contributed by atoms with E-state index in [0.717, 1.165) is 17.7 Å². The third-order valence-electron chi connectivity index (χ3n) is 3.98. The second-order valence-corrected chi connectivity index (χ2v) is 5.84. The highest BCUT2D eigenvalue weighted by atomic mass is 16.5. The van der Waals surface area contributed by atoms with Crippen LogP contribution >= 0.6 is 0 Å². The lowest BCUT2D eigenvalue weighted by Gasteiger charge is -2.05. The molecule has 0 atom stereocenters. The first-order valence-electron chi connectivity index (χ1n) is 8.86. The third-order valence-corrected chi connectivity index (χ3v) is 3.98. The SMILES string of the molecule is CCOCCCNC(=O)c1cn(-c2ccccc2)nc1-c1ccccc1. The lowest BCUT2D eigenvalue weighted by molar-refractivity contribution is 0.0945. The topological polar surface area (TPSA) is 56.1 Å². The van der Waals surface area contributed by atoms with Crippen molar-refractivity contribution in [2.75, 3.05) is 19.8 Å². The molecule has 26 heavy (non-hydrogen) atoms. The van der Waals surface area contributed by atoms with Crippen LogP contribution in [0.15, 0.2) is 66.9 Å². The number of nitrogens with one attached hydrogen (secondary N) is 1. The first-order chi connectivity index (χ1) is 12.8. The van der Waals surface area contributed by atoms with Crippen LogP contribution in [-0.4, -0.2) is 35.4 Å². The van der Waals surface area contributed by atoms with Crippen molar-refractivity contribution < 1.29 is 9.53 Å². The highest BCUT2D eigenvalue weighted by Crippen LogP contribution is 2.23. The highest BCUT2D eigenvalue weighted by Gasteiger charge is 2.18. The van der Waals surface area contributed by atoms with Crippen LogP contribution in [0.25, 0.3) is 16.9 Å².